The fourth-order valence-electron chi connectivity index (χ4n) is 0.854. The lowest BCUT2D eigenvalue weighted by Gasteiger charge is -2.06. The molecular weight excluding hydrogens is 202 g/mol. The van der Waals surface area contributed by atoms with Crippen LogP contribution in [0.2, 0.25) is 0 Å². The Morgan fingerprint density at radius 3 is 2.21 bits per heavy atom. The van der Waals surface area contributed by atoms with Crippen molar-refractivity contribution in [2.24, 2.45) is 0 Å². The summed E-state index contributed by atoms with van der Waals surface area (Å²) in [6.07, 6.45) is -4.65. The first-order chi connectivity index (χ1) is 6.32. The molecule has 1 aromatic rings. The Kier molecular flexibility index (Phi) is 2.67. The molecule has 0 aliphatic rings. The number of nitrogens with one attached hydrogen (secondary N) is 1. The van der Waals surface area contributed by atoms with E-state index in [0.29, 0.717) is 12.1 Å². The van der Waals surface area contributed by atoms with Crippen molar-refractivity contribution in [3.8, 4) is 0 Å². The van der Waals surface area contributed by atoms with Gasteiger partial charge in [-0.1, -0.05) is 6.07 Å². The van der Waals surface area contributed by atoms with E-state index in [0.717, 1.165) is 0 Å². The number of pyridine rings is 1. The highest BCUT2D eigenvalue weighted by Gasteiger charge is 2.32. The summed E-state index contributed by atoms with van der Waals surface area (Å²) < 4.78 is 36.0. The molecule has 3 N–H and O–H groups in total. The normalized spacial score (nSPS) is 11.5. The third kappa shape index (κ3) is 2.15. The van der Waals surface area contributed by atoms with Gasteiger partial charge in [-0.25, -0.2) is 0 Å². The molecule has 0 amide bonds. The molecule has 0 atom stereocenters. The summed E-state index contributed by atoms with van der Waals surface area (Å²) in [6.45, 7) is 0. The quantitative estimate of drug-likeness (QED) is 0.521. The predicted octanol–water partition coefficient (Wildman–Crippen LogP) is -0.927. The van der Waals surface area contributed by atoms with Crippen LogP contribution >= 0.6 is 0 Å². The molecule has 8 heteroatoms. The van der Waals surface area contributed by atoms with E-state index in [-0.39, 0.29) is 0 Å². The molecule has 4 nitrogen and oxygen atoms in total. The Morgan fingerprint density at radius 1 is 1.29 bits per heavy atom. The molecule has 0 saturated heterocycles. The van der Waals surface area contributed by atoms with Gasteiger partial charge in [0.05, 0.1) is 0 Å². The van der Waals surface area contributed by atoms with Crippen LogP contribution < -0.4 is 11.0 Å². The van der Waals surface area contributed by atoms with Gasteiger partial charge in [0.15, 0.2) is 0 Å². The zero-order valence-corrected chi connectivity index (χ0v) is 6.67. The Hall–Kier alpha value is -1.28. The van der Waals surface area contributed by atoms with Crippen molar-refractivity contribution >= 4 is 12.6 Å². The molecule has 0 unspecified atom stereocenters. The van der Waals surface area contributed by atoms with E-state index in [2.05, 4.69) is 0 Å². The number of aromatic nitrogens is 1. The third-order valence-electron chi connectivity index (χ3n) is 1.52. The highest BCUT2D eigenvalue weighted by atomic mass is 19.4. The second-order valence-corrected chi connectivity index (χ2v) is 2.53. The molecule has 0 fully saturated rings. The number of aromatic amines is 1. The molecule has 1 heterocycles. The first-order valence-corrected chi connectivity index (χ1v) is 3.49. The van der Waals surface area contributed by atoms with E-state index in [4.69, 9.17) is 10.0 Å². The van der Waals surface area contributed by atoms with Crippen molar-refractivity contribution in [1.29, 1.82) is 0 Å². The average molecular weight is 207 g/mol. The van der Waals surface area contributed by atoms with Crippen LogP contribution in [0.15, 0.2) is 16.9 Å². The summed E-state index contributed by atoms with van der Waals surface area (Å²) >= 11 is 0. The van der Waals surface area contributed by atoms with Gasteiger partial charge in [0.1, 0.15) is 5.69 Å². The summed E-state index contributed by atoms with van der Waals surface area (Å²) in [4.78, 5) is 12.3. The summed E-state index contributed by atoms with van der Waals surface area (Å²) in [5.74, 6) is 0. The SMILES string of the molecule is O=c1[nH]c(C(F)(F)F)ccc1B(O)O. The van der Waals surface area contributed by atoms with Crippen LogP contribution in [0.1, 0.15) is 5.69 Å². The van der Waals surface area contributed by atoms with Gasteiger partial charge in [0, 0.05) is 5.46 Å². The molecule has 0 spiro atoms. The number of hydrogen-bond acceptors (Lipinski definition) is 3. The fraction of sp³-hybridized carbons (Fsp3) is 0.167. The molecular formula is C6H5BF3NO3. The molecule has 0 aliphatic heterocycles. The van der Waals surface area contributed by atoms with E-state index in [1.54, 1.807) is 0 Å². The van der Waals surface area contributed by atoms with Crippen molar-refractivity contribution in [2.45, 2.75) is 6.18 Å². The second kappa shape index (κ2) is 3.47. The maximum absolute atomic E-state index is 12.0. The summed E-state index contributed by atoms with van der Waals surface area (Å²) in [7, 11) is -2.08. The smallest absolute Gasteiger partial charge is 0.423 e. The predicted molar refractivity (Wildman–Crippen MR) is 41.9 cm³/mol. The average Bonchev–Trinajstić information content (AvgIpc) is 2.01. The van der Waals surface area contributed by atoms with Crippen molar-refractivity contribution in [2.75, 3.05) is 0 Å². The van der Waals surface area contributed by atoms with Crippen molar-refractivity contribution < 1.29 is 23.2 Å². The van der Waals surface area contributed by atoms with Gasteiger partial charge < -0.3 is 15.0 Å². The number of alkyl halides is 3. The molecule has 76 valence electrons. The second-order valence-electron chi connectivity index (χ2n) is 2.53. The minimum absolute atomic E-state index is 0.530. The molecule has 14 heavy (non-hydrogen) atoms. The molecule has 0 bridgehead atoms. The minimum atomic E-state index is -4.65. The monoisotopic (exact) mass is 207 g/mol. The lowest BCUT2D eigenvalue weighted by Crippen LogP contribution is -2.43. The van der Waals surface area contributed by atoms with Crippen LogP contribution in [0.5, 0.6) is 0 Å². The molecule has 0 radical (unpaired) electrons. The number of H-pyrrole nitrogens is 1. The lowest BCUT2D eigenvalue weighted by atomic mass is 9.81. The number of halogens is 3. The van der Waals surface area contributed by atoms with Crippen LogP contribution in [-0.2, 0) is 6.18 Å². The van der Waals surface area contributed by atoms with Crippen LogP contribution in [0.25, 0.3) is 0 Å². The Labute approximate surface area is 76.2 Å². The van der Waals surface area contributed by atoms with Gasteiger partial charge >= 0.3 is 13.3 Å². The summed E-state index contributed by atoms with van der Waals surface area (Å²) in [6, 6.07) is 1.28. The molecule has 1 aromatic heterocycles. The van der Waals surface area contributed by atoms with E-state index < -0.39 is 30.0 Å². The third-order valence-corrected chi connectivity index (χ3v) is 1.52. The molecule has 0 aromatic carbocycles. The van der Waals surface area contributed by atoms with Gasteiger partial charge in [-0.3, -0.25) is 4.79 Å². The van der Waals surface area contributed by atoms with Crippen molar-refractivity contribution in [3.05, 3.63) is 28.2 Å². The molecule has 0 aliphatic carbocycles. The van der Waals surface area contributed by atoms with Crippen LogP contribution in [0.3, 0.4) is 0 Å². The zero-order chi connectivity index (χ0) is 10.9. The first-order valence-electron chi connectivity index (χ1n) is 3.49. The topological polar surface area (TPSA) is 73.3 Å². The van der Waals surface area contributed by atoms with Gasteiger partial charge in [0.25, 0.3) is 0 Å². The zero-order valence-electron chi connectivity index (χ0n) is 6.67. The number of rotatable bonds is 1. The molecule has 1 rings (SSSR count). The largest absolute Gasteiger partial charge is 0.494 e. The Bertz CT molecular complexity index is 387. The molecule has 0 saturated carbocycles. The van der Waals surface area contributed by atoms with Gasteiger partial charge in [0.2, 0.25) is 5.56 Å². The van der Waals surface area contributed by atoms with E-state index in [1.807, 2.05) is 0 Å². The fourth-order valence-corrected chi connectivity index (χ4v) is 0.854. The Morgan fingerprint density at radius 2 is 1.86 bits per heavy atom. The van der Waals surface area contributed by atoms with Crippen LogP contribution in [0.4, 0.5) is 13.2 Å². The van der Waals surface area contributed by atoms with Crippen molar-refractivity contribution in [1.82, 2.24) is 4.98 Å². The lowest BCUT2D eigenvalue weighted by molar-refractivity contribution is -0.141. The van der Waals surface area contributed by atoms with Crippen LogP contribution in [-0.4, -0.2) is 22.2 Å². The van der Waals surface area contributed by atoms with Crippen LogP contribution in [0, 0.1) is 0 Å². The highest BCUT2D eigenvalue weighted by molar-refractivity contribution is 6.58. The standard InChI is InChI=1S/C6H5BF3NO3/c8-6(9,10)4-2-1-3(7(13)14)5(12)11-4/h1-2,13-14H,(H,11,12). The summed E-state index contributed by atoms with van der Waals surface area (Å²) in [5, 5.41) is 17.1. The van der Waals surface area contributed by atoms with Gasteiger partial charge in [-0.15, -0.1) is 0 Å². The maximum Gasteiger partial charge on any atom is 0.494 e. The van der Waals surface area contributed by atoms with Gasteiger partial charge in [-0.05, 0) is 6.07 Å². The van der Waals surface area contributed by atoms with E-state index in [9.17, 15) is 18.0 Å². The Balaban J connectivity index is 3.21. The highest BCUT2D eigenvalue weighted by Crippen LogP contribution is 2.25. The van der Waals surface area contributed by atoms with Crippen molar-refractivity contribution in [3.63, 3.8) is 0 Å². The summed E-state index contributed by atoms with van der Waals surface area (Å²) in [5.41, 5.74) is -2.93. The first kappa shape index (κ1) is 10.8. The van der Waals surface area contributed by atoms with E-state index in [1.165, 1.54) is 4.98 Å². The van der Waals surface area contributed by atoms with Gasteiger partial charge in [-0.2, -0.15) is 13.2 Å². The van der Waals surface area contributed by atoms with E-state index >= 15 is 0 Å². The number of hydrogen-bond donors (Lipinski definition) is 3. The minimum Gasteiger partial charge on any atom is -0.423 e. The maximum atomic E-state index is 12.0.